The first-order valence-electron chi connectivity index (χ1n) is 11.8. The van der Waals surface area contributed by atoms with Gasteiger partial charge in [0.25, 0.3) is 0 Å². The van der Waals surface area contributed by atoms with Gasteiger partial charge in [-0.05, 0) is 57.1 Å². The van der Waals surface area contributed by atoms with Gasteiger partial charge >= 0.3 is 18.3 Å². The molecule has 1 aliphatic heterocycles. The third-order valence-corrected chi connectivity index (χ3v) is 6.65. The van der Waals surface area contributed by atoms with Crippen LogP contribution in [0, 0.1) is 26.7 Å². The highest BCUT2D eigenvalue weighted by Gasteiger charge is 2.58. The van der Waals surface area contributed by atoms with Crippen molar-refractivity contribution in [3.8, 4) is 0 Å². The quantitative estimate of drug-likeness (QED) is 0.374. The van der Waals surface area contributed by atoms with Crippen LogP contribution in [0.5, 0.6) is 0 Å². The lowest BCUT2D eigenvalue weighted by molar-refractivity contribution is -0.287. The molecule has 0 bridgehead atoms. The van der Waals surface area contributed by atoms with E-state index >= 15 is 0 Å². The van der Waals surface area contributed by atoms with E-state index in [9.17, 15) is 35.1 Å². The summed E-state index contributed by atoms with van der Waals surface area (Å²) < 4.78 is 110. The summed E-state index contributed by atoms with van der Waals surface area (Å²) in [6.07, 6.45) is -8.95. The Hall–Kier alpha value is -2.37. The topological polar surface area (TPSA) is 24.3 Å². The molecular weight excluding hydrogens is 496 g/mol. The molecule has 0 amide bonds. The third-order valence-electron chi connectivity index (χ3n) is 6.65. The fourth-order valence-electron chi connectivity index (χ4n) is 5.03. The number of alkyl halides is 8. The van der Waals surface area contributed by atoms with E-state index in [2.05, 4.69) is 4.98 Å². The Morgan fingerprint density at radius 1 is 0.944 bits per heavy atom. The van der Waals surface area contributed by atoms with Crippen LogP contribution >= 0.6 is 0 Å². The molecule has 1 aromatic carbocycles. The van der Waals surface area contributed by atoms with Crippen molar-refractivity contribution in [1.82, 2.24) is 14.5 Å². The Kier molecular flexibility index (Phi) is 6.81. The highest BCUT2D eigenvalue weighted by Crippen LogP contribution is 2.42. The van der Waals surface area contributed by atoms with Gasteiger partial charge in [0.15, 0.2) is 5.69 Å². The van der Waals surface area contributed by atoms with Crippen molar-refractivity contribution in [2.75, 3.05) is 24.5 Å². The maximum Gasteiger partial charge on any atom is 0.454 e. The molecular formula is C24H28F8N4. The molecule has 12 heteroatoms. The van der Waals surface area contributed by atoms with Crippen LogP contribution in [0.4, 0.5) is 46.8 Å². The summed E-state index contributed by atoms with van der Waals surface area (Å²) in [6, 6.07) is 3.82. The molecule has 2 heterocycles. The second-order valence-corrected chi connectivity index (χ2v) is 9.92. The van der Waals surface area contributed by atoms with Gasteiger partial charge in [-0.15, -0.1) is 0 Å². The normalized spacial score (nSPS) is 17.2. The van der Waals surface area contributed by atoms with Crippen molar-refractivity contribution >= 4 is 11.6 Å². The first kappa shape index (κ1) is 26.7. The number of aryl methyl sites for hydroxylation is 3. The molecule has 4 rings (SSSR count). The van der Waals surface area contributed by atoms with Gasteiger partial charge in [-0.1, -0.05) is 17.7 Å². The van der Waals surface area contributed by atoms with E-state index in [1.165, 1.54) is 4.57 Å². The standard InChI is InChI=1S/C24H28F8N4/c1-14-9-15(2)19(16(3)10-14)36-8-4-7-35-18(20(23(27,28)29)33-21(35)36)12-34(11-17-5-6-17)13-22(25,26)24(30,31)32/h9-10,17H,4-8,11-13H2,1-3H3. The van der Waals surface area contributed by atoms with Gasteiger partial charge in [0.1, 0.15) is 0 Å². The zero-order chi connectivity index (χ0) is 26.6. The zero-order valence-electron chi connectivity index (χ0n) is 20.2. The van der Waals surface area contributed by atoms with E-state index in [4.69, 9.17) is 0 Å². The molecule has 0 atom stereocenters. The van der Waals surface area contributed by atoms with E-state index < -0.39 is 37.1 Å². The van der Waals surface area contributed by atoms with Crippen LogP contribution < -0.4 is 4.90 Å². The molecule has 0 N–H and O–H groups in total. The van der Waals surface area contributed by atoms with Crippen molar-refractivity contribution in [2.45, 2.75) is 71.4 Å². The van der Waals surface area contributed by atoms with Gasteiger partial charge in [-0.2, -0.15) is 35.1 Å². The van der Waals surface area contributed by atoms with Gasteiger partial charge in [0, 0.05) is 31.9 Å². The first-order chi connectivity index (χ1) is 16.6. The lowest BCUT2D eigenvalue weighted by atomic mass is 10.0. The largest absolute Gasteiger partial charge is 0.454 e. The van der Waals surface area contributed by atoms with E-state index in [0.717, 1.165) is 21.6 Å². The molecule has 36 heavy (non-hydrogen) atoms. The molecule has 200 valence electrons. The van der Waals surface area contributed by atoms with Crippen LogP contribution in [-0.2, 0) is 19.3 Å². The van der Waals surface area contributed by atoms with Gasteiger partial charge in [0.2, 0.25) is 5.95 Å². The Morgan fingerprint density at radius 2 is 1.56 bits per heavy atom. The summed E-state index contributed by atoms with van der Waals surface area (Å²) >= 11 is 0. The summed E-state index contributed by atoms with van der Waals surface area (Å²) in [6.45, 7) is 3.61. The van der Waals surface area contributed by atoms with Crippen molar-refractivity contribution in [2.24, 2.45) is 5.92 Å². The minimum atomic E-state index is -5.80. The monoisotopic (exact) mass is 524 g/mol. The molecule has 1 aromatic heterocycles. The van der Waals surface area contributed by atoms with Crippen molar-refractivity contribution in [3.63, 3.8) is 0 Å². The summed E-state index contributed by atoms with van der Waals surface area (Å²) in [5.74, 6) is -5.14. The lowest BCUT2D eigenvalue weighted by Gasteiger charge is -2.33. The number of anilines is 2. The SMILES string of the molecule is Cc1cc(C)c(N2CCCn3c2nc(C(F)(F)F)c3CN(CC2CC2)CC(F)(F)C(F)(F)F)c(C)c1. The van der Waals surface area contributed by atoms with Crippen molar-refractivity contribution < 1.29 is 35.1 Å². The molecule has 2 aliphatic rings. The summed E-state index contributed by atoms with van der Waals surface area (Å²) in [4.78, 5) is 6.39. The van der Waals surface area contributed by atoms with Gasteiger partial charge in [0.05, 0.1) is 12.2 Å². The highest BCUT2D eigenvalue weighted by atomic mass is 19.4. The van der Waals surface area contributed by atoms with Gasteiger partial charge in [-0.25, -0.2) is 4.98 Å². The lowest BCUT2D eigenvalue weighted by Crippen LogP contribution is -2.47. The predicted molar refractivity (Wildman–Crippen MR) is 119 cm³/mol. The predicted octanol–water partition coefficient (Wildman–Crippen LogP) is 6.78. The van der Waals surface area contributed by atoms with E-state index in [1.807, 2.05) is 32.9 Å². The van der Waals surface area contributed by atoms with E-state index in [0.29, 0.717) is 31.5 Å². The van der Waals surface area contributed by atoms with Crippen LogP contribution in [0.2, 0.25) is 0 Å². The first-order valence-corrected chi connectivity index (χ1v) is 11.8. The molecule has 2 aromatic rings. The Labute approximate surface area is 203 Å². The fraction of sp³-hybridized carbons (Fsp3) is 0.625. The molecule has 1 fully saturated rings. The van der Waals surface area contributed by atoms with Crippen LogP contribution in [0.15, 0.2) is 12.1 Å². The Balaban J connectivity index is 1.77. The van der Waals surface area contributed by atoms with Crippen LogP contribution in [0.1, 0.15) is 47.3 Å². The second kappa shape index (κ2) is 9.18. The number of rotatable bonds is 7. The molecule has 0 radical (unpaired) electrons. The molecule has 0 spiro atoms. The number of benzene rings is 1. The smallest absolute Gasteiger partial charge is 0.312 e. The summed E-state index contributed by atoms with van der Waals surface area (Å²) in [5, 5.41) is 0. The number of aromatic nitrogens is 2. The molecule has 0 saturated heterocycles. The second-order valence-electron chi connectivity index (χ2n) is 9.92. The number of nitrogens with zero attached hydrogens (tertiary/aromatic N) is 4. The number of hydrogen-bond donors (Lipinski definition) is 0. The summed E-state index contributed by atoms with van der Waals surface area (Å²) in [7, 11) is 0. The maximum absolute atomic E-state index is 14.1. The van der Waals surface area contributed by atoms with Crippen LogP contribution in [-0.4, -0.2) is 46.2 Å². The van der Waals surface area contributed by atoms with Gasteiger partial charge < -0.3 is 9.47 Å². The average Bonchev–Trinajstić information content (AvgIpc) is 3.44. The zero-order valence-corrected chi connectivity index (χ0v) is 20.2. The fourth-order valence-corrected chi connectivity index (χ4v) is 5.03. The number of halogens is 8. The molecule has 0 unspecified atom stereocenters. The highest BCUT2D eigenvalue weighted by molar-refractivity contribution is 5.68. The van der Waals surface area contributed by atoms with Crippen LogP contribution in [0.3, 0.4) is 0 Å². The van der Waals surface area contributed by atoms with Crippen molar-refractivity contribution in [1.29, 1.82) is 0 Å². The maximum atomic E-state index is 14.1. The van der Waals surface area contributed by atoms with Crippen LogP contribution in [0.25, 0.3) is 0 Å². The minimum absolute atomic E-state index is 0.0209. The number of hydrogen-bond acceptors (Lipinski definition) is 3. The molecule has 4 nitrogen and oxygen atoms in total. The molecule has 1 saturated carbocycles. The Morgan fingerprint density at radius 3 is 2.08 bits per heavy atom. The van der Waals surface area contributed by atoms with E-state index in [1.54, 1.807) is 4.90 Å². The number of fused-ring (bicyclic) bond motifs is 1. The summed E-state index contributed by atoms with van der Waals surface area (Å²) in [5.41, 5.74) is 1.77. The average molecular weight is 525 g/mol. The van der Waals surface area contributed by atoms with Gasteiger partial charge in [-0.3, -0.25) is 4.90 Å². The van der Waals surface area contributed by atoms with Crippen molar-refractivity contribution in [3.05, 3.63) is 40.2 Å². The minimum Gasteiger partial charge on any atom is -0.312 e. The van der Waals surface area contributed by atoms with E-state index in [-0.39, 0.29) is 30.6 Å². The molecule has 1 aliphatic carbocycles. The number of imidazole rings is 1. The third kappa shape index (κ3) is 5.33. The Bertz CT molecular complexity index is 1090.